The molecule has 34 heavy (non-hydrogen) atoms. The van der Waals surface area contributed by atoms with Crippen LogP contribution in [0.2, 0.25) is 11.3 Å². The normalized spacial score (nSPS) is 26.4. The van der Waals surface area contributed by atoms with Gasteiger partial charge in [0.1, 0.15) is 0 Å². The van der Waals surface area contributed by atoms with E-state index < -0.39 is 0 Å². The van der Waals surface area contributed by atoms with Crippen molar-refractivity contribution in [2.45, 2.75) is 131 Å². The third-order valence-electron chi connectivity index (χ3n) is 9.90. The van der Waals surface area contributed by atoms with Crippen LogP contribution in [-0.2, 0) is 15.7 Å². The van der Waals surface area contributed by atoms with Gasteiger partial charge in [0, 0.05) is 5.02 Å². The molecule has 2 nitrogen and oxygen atoms in total. The highest BCUT2D eigenvalue weighted by Gasteiger charge is 2.50. The minimum atomic E-state index is -0.218. The Bertz CT molecular complexity index is 758. The van der Waals surface area contributed by atoms with Gasteiger partial charge in [-0.25, -0.2) is 0 Å². The lowest BCUT2D eigenvalue weighted by Crippen LogP contribution is -2.41. The van der Waals surface area contributed by atoms with E-state index in [1.807, 2.05) is 12.1 Å². The van der Waals surface area contributed by atoms with E-state index >= 15 is 0 Å². The maximum atomic E-state index is 6.22. The number of hydrogen-bond donors (Lipinski definition) is 0. The van der Waals surface area contributed by atoms with Crippen LogP contribution in [0.4, 0.5) is 0 Å². The van der Waals surface area contributed by atoms with Gasteiger partial charge in [0.15, 0.2) is 0 Å². The molecule has 1 saturated heterocycles. The smallest absolute Gasteiger partial charge is 0.403 e. The molecule has 0 radical (unpaired) electrons. The molecule has 0 amide bonds. The highest BCUT2D eigenvalue weighted by atomic mass is 35.5. The minimum absolute atomic E-state index is 0.0537. The van der Waals surface area contributed by atoms with E-state index in [-0.39, 0.29) is 18.3 Å². The lowest BCUT2D eigenvalue weighted by atomic mass is 9.55. The molecule has 0 aromatic heterocycles. The van der Waals surface area contributed by atoms with Crippen molar-refractivity contribution in [3.8, 4) is 0 Å². The van der Waals surface area contributed by atoms with E-state index in [4.69, 9.17) is 20.9 Å². The number of hydrogen-bond acceptors (Lipinski definition) is 2. The summed E-state index contributed by atoms with van der Waals surface area (Å²) in [5.74, 6) is 1.70. The second-order valence-corrected chi connectivity index (χ2v) is 13.9. The molecule has 4 heteroatoms. The van der Waals surface area contributed by atoms with Crippen molar-refractivity contribution in [1.82, 2.24) is 0 Å². The summed E-state index contributed by atoms with van der Waals surface area (Å²) in [6, 6.07) is 8.42. The molecule has 1 aliphatic carbocycles. The quantitative estimate of drug-likeness (QED) is 0.254. The number of halogens is 1. The number of aryl methyl sites for hydroxylation is 1. The molecule has 0 spiro atoms. The highest BCUT2D eigenvalue weighted by molar-refractivity contribution is 6.45. The predicted molar refractivity (Wildman–Crippen MR) is 148 cm³/mol. The molecule has 0 bridgehead atoms. The van der Waals surface area contributed by atoms with Crippen molar-refractivity contribution >= 4 is 18.7 Å². The maximum Gasteiger partial charge on any atom is 0.457 e. The van der Waals surface area contributed by atoms with Crippen LogP contribution in [0.1, 0.15) is 112 Å². The number of unbranched alkanes of at least 4 members (excludes halogenated alkanes) is 1. The van der Waals surface area contributed by atoms with Gasteiger partial charge in [-0.2, -0.15) is 0 Å². The molecule has 1 aromatic rings. The third-order valence-corrected chi connectivity index (χ3v) is 10.2. The van der Waals surface area contributed by atoms with E-state index in [1.165, 1.54) is 63.4 Å². The van der Waals surface area contributed by atoms with E-state index in [0.29, 0.717) is 10.8 Å². The first-order valence-corrected chi connectivity index (χ1v) is 14.2. The predicted octanol–water partition coefficient (Wildman–Crippen LogP) is 9.39. The van der Waals surface area contributed by atoms with Crippen molar-refractivity contribution < 1.29 is 9.31 Å². The van der Waals surface area contributed by atoms with Crippen LogP contribution < -0.4 is 0 Å². The molecule has 192 valence electrons. The van der Waals surface area contributed by atoms with Crippen molar-refractivity contribution in [2.24, 2.45) is 22.7 Å². The average molecular weight is 489 g/mol. The summed E-state index contributed by atoms with van der Waals surface area (Å²) in [6.45, 7) is 18.6. The maximum absolute atomic E-state index is 6.22. The zero-order valence-electron chi connectivity index (χ0n) is 23.3. The van der Waals surface area contributed by atoms with E-state index in [1.54, 1.807) is 0 Å². The summed E-state index contributed by atoms with van der Waals surface area (Å²) < 4.78 is 12.4. The molecule has 3 rings (SSSR count). The zero-order chi connectivity index (χ0) is 25.2. The topological polar surface area (TPSA) is 18.5 Å². The summed E-state index contributed by atoms with van der Waals surface area (Å²) in [4.78, 5) is 0. The second-order valence-electron chi connectivity index (χ2n) is 13.5. The molecule has 1 aromatic carbocycles. The van der Waals surface area contributed by atoms with Gasteiger partial charge in [-0.05, 0) is 106 Å². The fraction of sp³-hybridized carbons (Fsp3) is 0.800. The molecule has 2 fully saturated rings. The van der Waals surface area contributed by atoms with E-state index in [2.05, 4.69) is 67.5 Å². The Morgan fingerprint density at radius 3 is 1.97 bits per heavy atom. The first kappa shape index (κ1) is 28.1. The number of benzene rings is 1. The van der Waals surface area contributed by atoms with Crippen molar-refractivity contribution in [3.05, 3.63) is 34.9 Å². The van der Waals surface area contributed by atoms with Gasteiger partial charge in [0.2, 0.25) is 0 Å². The zero-order valence-corrected chi connectivity index (χ0v) is 24.1. The highest BCUT2D eigenvalue weighted by Crippen LogP contribution is 2.54. The average Bonchev–Trinajstić information content (AvgIpc) is 2.96. The summed E-state index contributed by atoms with van der Waals surface area (Å²) in [7, 11) is -0.0537. The van der Waals surface area contributed by atoms with Gasteiger partial charge in [-0.1, -0.05) is 77.1 Å². The van der Waals surface area contributed by atoms with Gasteiger partial charge in [0.25, 0.3) is 0 Å². The fourth-order valence-electron chi connectivity index (χ4n) is 6.19. The summed E-state index contributed by atoms with van der Waals surface area (Å²) in [6.07, 6.45) is 12.8. The van der Waals surface area contributed by atoms with Crippen molar-refractivity contribution in [2.75, 3.05) is 0 Å². The lowest BCUT2D eigenvalue weighted by molar-refractivity contribution is -0.00482. The van der Waals surface area contributed by atoms with Crippen molar-refractivity contribution in [1.29, 1.82) is 0 Å². The van der Waals surface area contributed by atoms with Crippen LogP contribution in [0.15, 0.2) is 24.3 Å². The second kappa shape index (κ2) is 10.9. The summed E-state index contributed by atoms with van der Waals surface area (Å²) in [5.41, 5.74) is 1.68. The van der Waals surface area contributed by atoms with Gasteiger partial charge < -0.3 is 9.31 Å². The first-order chi connectivity index (χ1) is 15.7. The van der Waals surface area contributed by atoms with Crippen LogP contribution in [-0.4, -0.2) is 18.3 Å². The Kier molecular flexibility index (Phi) is 8.96. The molecule has 1 atom stereocenters. The first-order valence-electron chi connectivity index (χ1n) is 13.8. The van der Waals surface area contributed by atoms with Crippen LogP contribution in [0.25, 0.3) is 0 Å². The lowest BCUT2D eigenvalue weighted by Gasteiger charge is -2.50. The van der Waals surface area contributed by atoms with Gasteiger partial charge >= 0.3 is 7.12 Å². The third kappa shape index (κ3) is 6.62. The van der Waals surface area contributed by atoms with Gasteiger partial charge in [0.05, 0.1) is 11.2 Å². The SMILES string of the molecule is CC(C)(C)C(C)(CCCCB1OC(C)(C)C(C)(C)O1)C1CCC(CCc2ccc(Cl)cc2)CC1. The van der Waals surface area contributed by atoms with Crippen LogP contribution >= 0.6 is 11.6 Å². The molecule has 0 N–H and O–H groups in total. The van der Waals surface area contributed by atoms with E-state index in [0.717, 1.165) is 23.2 Å². The molecule has 2 aliphatic rings. The Morgan fingerprint density at radius 2 is 1.44 bits per heavy atom. The van der Waals surface area contributed by atoms with Gasteiger partial charge in [-0.15, -0.1) is 0 Å². The Hall–Kier alpha value is -0.505. The number of rotatable bonds is 9. The molecule has 1 heterocycles. The molecular formula is C30H50BClO2. The fourth-order valence-corrected chi connectivity index (χ4v) is 6.31. The Balaban J connectivity index is 1.47. The largest absolute Gasteiger partial charge is 0.457 e. The molecular weight excluding hydrogens is 439 g/mol. The molecule has 1 aliphatic heterocycles. The van der Waals surface area contributed by atoms with Crippen molar-refractivity contribution in [3.63, 3.8) is 0 Å². The Morgan fingerprint density at radius 1 is 0.882 bits per heavy atom. The summed E-state index contributed by atoms with van der Waals surface area (Å²) >= 11 is 6.04. The minimum Gasteiger partial charge on any atom is -0.403 e. The van der Waals surface area contributed by atoms with Crippen LogP contribution in [0.3, 0.4) is 0 Å². The van der Waals surface area contributed by atoms with E-state index in [9.17, 15) is 0 Å². The summed E-state index contributed by atoms with van der Waals surface area (Å²) in [5, 5.41) is 0.835. The molecule has 1 saturated carbocycles. The van der Waals surface area contributed by atoms with Crippen LogP contribution in [0, 0.1) is 22.7 Å². The van der Waals surface area contributed by atoms with Gasteiger partial charge in [-0.3, -0.25) is 0 Å². The van der Waals surface area contributed by atoms with Crippen LogP contribution in [0.5, 0.6) is 0 Å². The Labute approximate surface area is 216 Å². The monoisotopic (exact) mass is 488 g/mol. The standard InChI is InChI=1S/C30H50BClO2/c1-27(2,3)30(8,21-9-10-22-31-33-28(4,5)29(6,7)34-31)25-17-13-23(14-18-25)11-12-24-15-19-26(32)20-16-24/h15-16,19-20,23,25H,9-14,17-18,21-22H2,1-8H3. The molecule has 1 unspecified atom stereocenters.